The zero-order valence-electron chi connectivity index (χ0n) is 13.1. The van der Waals surface area contributed by atoms with E-state index in [9.17, 15) is 0 Å². The summed E-state index contributed by atoms with van der Waals surface area (Å²) in [5.41, 5.74) is 0.998. The number of benzene rings is 4. The maximum absolute atomic E-state index is 4.07. The van der Waals surface area contributed by atoms with E-state index in [-0.39, 0.29) is 0 Å². The van der Waals surface area contributed by atoms with Crippen LogP contribution in [0.5, 0.6) is 0 Å². The van der Waals surface area contributed by atoms with Crippen molar-refractivity contribution < 1.29 is 0 Å². The van der Waals surface area contributed by atoms with Gasteiger partial charge < -0.3 is 0 Å². The summed E-state index contributed by atoms with van der Waals surface area (Å²) in [5.74, 6) is 0. The number of rotatable bonds is 0. The van der Waals surface area contributed by atoms with Gasteiger partial charge in [-0.15, -0.1) is 0 Å². The molecule has 5 rings (SSSR count). The standard InChI is InChI=1S/C14H10.C8H6N2/c1-3-7-13-11(5-1)9-10-12-6-2-4-8-14(12)13;1-2-4-8-7(3-1)5-9-6-10-8/h1-10H;1-6H. The summed E-state index contributed by atoms with van der Waals surface area (Å²) < 4.78 is 0. The first-order valence-electron chi connectivity index (χ1n) is 7.93. The van der Waals surface area contributed by atoms with Crippen molar-refractivity contribution in [2.45, 2.75) is 0 Å². The summed E-state index contributed by atoms with van der Waals surface area (Å²) in [4.78, 5) is 7.97. The maximum atomic E-state index is 4.07. The summed E-state index contributed by atoms with van der Waals surface area (Å²) in [5, 5.41) is 6.39. The predicted octanol–water partition coefficient (Wildman–Crippen LogP) is 5.62. The Morgan fingerprint density at radius 1 is 0.500 bits per heavy atom. The van der Waals surface area contributed by atoms with Crippen LogP contribution in [0.2, 0.25) is 0 Å². The van der Waals surface area contributed by atoms with Crippen molar-refractivity contribution in [2.75, 3.05) is 0 Å². The molecule has 0 aliphatic carbocycles. The lowest BCUT2D eigenvalue weighted by molar-refractivity contribution is 1.22. The van der Waals surface area contributed by atoms with Gasteiger partial charge in [-0.3, -0.25) is 0 Å². The molecule has 114 valence electrons. The molecule has 5 aromatic rings. The van der Waals surface area contributed by atoms with Crippen LogP contribution in [-0.2, 0) is 0 Å². The van der Waals surface area contributed by atoms with E-state index in [2.05, 4.69) is 70.6 Å². The van der Waals surface area contributed by atoms with Crippen molar-refractivity contribution in [2.24, 2.45) is 0 Å². The first-order valence-corrected chi connectivity index (χ1v) is 7.93. The van der Waals surface area contributed by atoms with Crippen molar-refractivity contribution in [3.8, 4) is 0 Å². The van der Waals surface area contributed by atoms with Crippen LogP contribution in [0.25, 0.3) is 32.4 Å². The van der Waals surface area contributed by atoms with Gasteiger partial charge in [0.15, 0.2) is 0 Å². The van der Waals surface area contributed by atoms with E-state index in [0.717, 1.165) is 10.9 Å². The van der Waals surface area contributed by atoms with Crippen molar-refractivity contribution in [1.29, 1.82) is 0 Å². The van der Waals surface area contributed by atoms with Crippen LogP contribution in [0.1, 0.15) is 0 Å². The molecular weight excluding hydrogens is 292 g/mol. The smallest absolute Gasteiger partial charge is 0.116 e. The van der Waals surface area contributed by atoms with Gasteiger partial charge in [-0.2, -0.15) is 0 Å². The van der Waals surface area contributed by atoms with Gasteiger partial charge in [0.2, 0.25) is 0 Å². The lowest BCUT2D eigenvalue weighted by Crippen LogP contribution is -1.77. The normalized spacial score (nSPS) is 10.5. The van der Waals surface area contributed by atoms with E-state index in [1.807, 2.05) is 30.5 Å². The van der Waals surface area contributed by atoms with Gasteiger partial charge in [0.25, 0.3) is 0 Å². The average molecular weight is 308 g/mol. The monoisotopic (exact) mass is 308 g/mol. The summed E-state index contributed by atoms with van der Waals surface area (Å²) in [6.07, 6.45) is 3.37. The molecule has 0 saturated carbocycles. The zero-order valence-corrected chi connectivity index (χ0v) is 13.1. The second kappa shape index (κ2) is 6.47. The average Bonchev–Trinajstić information content (AvgIpc) is 2.68. The molecule has 0 unspecified atom stereocenters. The fourth-order valence-electron chi connectivity index (χ4n) is 2.88. The largest absolute Gasteiger partial charge is 0.244 e. The van der Waals surface area contributed by atoms with Gasteiger partial charge in [0.05, 0.1) is 5.52 Å². The molecule has 0 radical (unpaired) electrons. The van der Waals surface area contributed by atoms with Gasteiger partial charge in [-0.25, -0.2) is 9.97 Å². The number of nitrogens with zero attached hydrogens (tertiary/aromatic N) is 2. The predicted molar refractivity (Wildman–Crippen MR) is 101 cm³/mol. The van der Waals surface area contributed by atoms with Crippen LogP contribution < -0.4 is 0 Å². The minimum absolute atomic E-state index is 0.998. The van der Waals surface area contributed by atoms with Gasteiger partial charge >= 0.3 is 0 Å². The summed E-state index contributed by atoms with van der Waals surface area (Å²) in [6, 6.07) is 29.3. The molecule has 24 heavy (non-hydrogen) atoms. The van der Waals surface area contributed by atoms with Gasteiger partial charge in [-0.05, 0) is 27.6 Å². The lowest BCUT2D eigenvalue weighted by Gasteiger charge is -2.02. The Morgan fingerprint density at radius 3 is 1.67 bits per heavy atom. The minimum atomic E-state index is 0.998. The third-order valence-corrected chi connectivity index (χ3v) is 4.07. The van der Waals surface area contributed by atoms with Gasteiger partial charge in [0, 0.05) is 11.6 Å². The van der Waals surface area contributed by atoms with Crippen LogP contribution in [-0.4, -0.2) is 9.97 Å². The highest BCUT2D eigenvalue weighted by Crippen LogP contribution is 2.24. The number of hydrogen-bond donors (Lipinski definition) is 0. The fourth-order valence-corrected chi connectivity index (χ4v) is 2.88. The van der Waals surface area contributed by atoms with Crippen molar-refractivity contribution in [3.05, 3.63) is 97.5 Å². The molecule has 0 N–H and O–H groups in total. The summed E-state index contributed by atoms with van der Waals surface area (Å²) in [6.45, 7) is 0. The topological polar surface area (TPSA) is 25.8 Å². The number of hydrogen-bond acceptors (Lipinski definition) is 2. The first-order chi connectivity index (χ1) is 11.9. The highest BCUT2D eigenvalue weighted by Gasteiger charge is 1.97. The van der Waals surface area contributed by atoms with Crippen LogP contribution in [0.15, 0.2) is 97.5 Å². The Balaban J connectivity index is 0.000000129. The second-order valence-electron chi connectivity index (χ2n) is 5.59. The Labute approximate surface area is 140 Å². The summed E-state index contributed by atoms with van der Waals surface area (Å²) in [7, 11) is 0. The molecule has 2 heteroatoms. The molecule has 0 amide bonds. The highest BCUT2D eigenvalue weighted by atomic mass is 14.8. The van der Waals surface area contributed by atoms with E-state index in [4.69, 9.17) is 0 Å². The quantitative estimate of drug-likeness (QED) is 0.347. The van der Waals surface area contributed by atoms with E-state index >= 15 is 0 Å². The SMILES string of the molecule is c1ccc2c(c1)ccc1ccccc12.c1ccc2ncncc2c1. The molecule has 0 aliphatic heterocycles. The second-order valence-corrected chi connectivity index (χ2v) is 5.59. The van der Waals surface area contributed by atoms with Gasteiger partial charge in [0.1, 0.15) is 6.33 Å². The van der Waals surface area contributed by atoms with E-state index in [1.54, 1.807) is 6.33 Å². The first kappa shape index (κ1) is 14.3. The molecule has 0 bridgehead atoms. The van der Waals surface area contributed by atoms with E-state index < -0.39 is 0 Å². The zero-order chi connectivity index (χ0) is 16.2. The molecule has 4 aromatic carbocycles. The van der Waals surface area contributed by atoms with Gasteiger partial charge in [-0.1, -0.05) is 78.9 Å². The molecule has 0 atom stereocenters. The van der Waals surface area contributed by atoms with E-state index in [1.165, 1.54) is 21.5 Å². The Bertz CT molecular complexity index is 996. The lowest BCUT2D eigenvalue weighted by atomic mass is 10.0. The number of fused-ring (bicyclic) bond motifs is 4. The Hall–Kier alpha value is -3.26. The fraction of sp³-hybridized carbons (Fsp3) is 0. The minimum Gasteiger partial charge on any atom is -0.244 e. The summed E-state index contributed by atoms with van der Waals surface area (Å²) >= 11 is 0. The molecule has 0 aliphatic rings. The third kappa shape index (κ3) is 2.82. The highest BCUT2D eigenvalue weighted by molar-refractivity contribution is 6.07. The molecule has 0 fully saturated rings. The van der Waals surface area contributed by atoms with Crippen LogP contribution in [0.3, 0.4) is 0 Å². The van der Waals surface area contributed by atoms with Crippen molar-refractivity contribution in [3.63, 3.8) is 0 Å². The molecule has 1 aromatic heterocycles. The third-order valence-electron chi connectivity index (χ3n) is 4.07. The van der Waals surface area contributed by atoms with Crippen molar-refractivity contribution >= 4 is 32.4 Å². The molecule has 1 heterocycles. The van der Waals surface area contributed by atoms with Crippen molar-refractivity contribution in [1.82, 2.24) is 9.97 Å². The van der Waals surface area contributed by atoms with Crippen LogP contribution in [0.4, 0.5) is 0 Å². The maximum Gasteiger partial charge on any atom is 0.116 e. The molecule has 0 saturated heterocycles. The molecule has 0 spiro atoms. The Morgan fingerprint density at radius 2 is 1.04 bits per heavy atom. The molecular formula is C22H16N2. The Kier molecular flexibility index (Phi) is 3.86. The van der Waals surface area contributed by atoms with Crippen LogP contribution in [0, 0.1) is 0 Å². The van der Waals surface area contributed by atoms with Crippen LogP contribution >= 0.6 is 0 Å². The number of aromatic nitrogens is 2. The number of para-hydroxylation sites is 1. The molecule has 2 nitrogen and oxygen atoms in total. The van der Waals surface area contributed by atoms with E-state index in [0.29, 0.717) is 0 Å².